The molecule has 0 N–H and O–H groups in total. The van der Waals surface area contributed by atoms with Gasteiger partial charge in [-0.1, -0.05) is 11.8 Å². The second-order valence-electron chi connectivity index (χ2n) is 5.04. The molecule has 0 spiro atoms. The highest BCUT2D eigenvalue weighted by atomic mass is 32.2. The molecular formula is C16H20FN3O2S. The Morgan fingerprint density at radius 3 is 2.83 bits per heavy atom. The first-order chi connectivity index (χ1) is 11.2. The molecule has 0 aliphatic carbocycles. The molecule has 0 saturated carbocycles. The number of aromatic nitrogens is 3. The summed E-state index contributed by atoms with van der Waals surface area (Å²) in [4.78, 5) is 12.0. The maximum Gasteiger partial charge on any atom is 0.190 e. The number of rotatable bonds is 10. The van der Waals surface area contributed by atoms with Crippen molar-refractivity contribution in [3.63, 3.8) is 0 Å². The fraction of sp³-hybridized carbons (Fsp3) is 0.438. The topological polar surface area (TPSA) is 57.0 Å². The number of hydrogen-bond acceptors (Lipinski definition) is 5. The van der Waals surface area contributed by atoms with Crippen molar-refractivity contribution in [2.75, 3.05) is 19.5 Å². The molecule has 1 aromatic heterocycles. The van der Waals surface area contributed by atoms with Crippen LogP contribution in [0.2, 0.25) is 0 Å². The summed E-state index contributed by atoms with van der Waals surface area (Å²) in [6.45, 7) is 1.52. The van der Waals surface area contributed by atoms with E-state index >= 15 is 0 Å². The van der Waals surface area contributed by atoms with Gasteiger partial charge in [0.05, 0.1) is 0 Å². The van der Waals surface area contributed by atoms with E-state index < -0.39 is 0 Å². The van der Waals surface area contributed by atoms with Crippen LogP contribution in [0, 0.1) is 5.82 Å². The highest BCUT2D eigenvalue weighted by Crippen LogP contribution is 2.18. The van der Waals surface area contributed by atoms with E-state index in [0.29, 0.717) is 18.6 Å². The number of ether oxygens (including phenoxy) is 1. The van der Waals surface area contributed by atoms with Gasteiger partial charge >= 0.3 is 0 Å². The molecule has 0 bridgehead atoms. The van der Waals surface area contributed by atoms with Crippen LogP contribution in [0.5, 0.6) is 0 Å². The molecule has 0 atom stereocenters. The molecule has 0 unspecified atom stereocenters. The summed E-state index contributed by atoms with van der Waals surface area (Å²) < 4.78 is 19.8. The molecule has 7 heteroatoms. The lowest BCUT2D eigenvalue weighted by atomic mass is 10.1. The van der Waals surface area contributed by atoms with Gasteiger partial charge in [0, 0.05) is 38.0 Å². The van der Waals surface area contributed by atoms with Crippen molar-refractivity contribution in [1.29, 1.82) is 0 Å². The Bertz CT molecular complexity index is 616. The van der Waals surface area contributed by atoms with Crippen LogP contribution in [0.25, 0.3) is 0 Å². The molecule has 1 heterocycles. The van der Waals surface area contributed by atoms with Crippen molar-refractivity contribution in [2.45, 2.75) is 31.0 Å². The number of benzene rings is 1. The summed E-state index contributed by atoms with van der Waals surface area (Å²) in [7, 11) is 1.68. The summed E-state index contributed by atoms with van der Waals surface area (Å²) in [5.41, 5.74) is 0.555. The number of thioether (sulfide) groups is 1. The van der Waals surface area contributed by atoms with E-state index in [-0.39, 0.29) is 11.6 Å². The number of ketones is 1. The van der Waals surface area contributed by atoms with E-state index in [1.807, 2.05) is 4.57 Å². The average molecular weight is 337 g/mol. The van der Waals surface area contributed by atoms with Crippen LogP contribution in [-0.2, 0) is 11.3 Å². The maximum absolute atomic E-state index is 12.8. The third-order valence-corrected chi connectivity index (χ3v) is 4.34. The van der Waals surface area contributed by atoms with Gasteiger partial charge in [-0.2, -0.15) is 0 Å². The van der Waals surface area contributed by atoms with Gasteiger partial charge in [-0.15, -0.1) is 10.2 Å². The predicted octanol–water partition coefficient (Wildman–Crippen LogP) is 3.21. The maximum atomic E-state index is 12.8. The Hall–Kier alpha value is -1.73. The van der Waals surface area contributed by atoms with Crippen molar-refractivity contribution in [3.8, 4) is 0 Å². The van der Waals surface area contributed by atoms with Crippen LogP contribution < -0.4 is 0 Å². The van der Waals surface area contributed by atoms with Crippen LogP contribution in [0.15, 0.2) is 35.7 Å². The normalized spacial score (nSPS) is 10.9. The SMILES string of the molecule is COCCCn1cnnc1SCCCC(=O)c1ccc(F)cc1. The van der Waals surface area contributed by atoms with E-state index in [9.17, 15) is 9.18 Å². The minimum absolute atomic E-state index is 0.0344. The largest absolute Gasteiger partial charge is 0.385 e. The Balaban J connectivity index is 1.72. The van der Waals surface area contributed by atoms with Gasteiger partial charge in [0.15, 0.2) is 10.9 Å². The zero-order valence-electron chi connectivity index (χ0n) is 13.1. The fourth-order valence-corrected chi connectivity index (χ4v) is 2.95. The second kappa shape index (κ2) is 9.42. The van der Waals surface area contributed by atoms with E-state index in [4.69, 9.17) is 4.74 Å². The minimum Gasteiger partial charge on any atom is -0.385 e. The number of methoxy groups -OCH3 is 1. The predicted molar refractivity (Wildman–Crippen MR) is 87.2 cm³/mol. The first-order valence-electron chi connectivity index (χ1n) is 7.49. The van der Waals surface area contributed by atoms with E-state index in [1.54, 1.807) is 25.2 Å². The van der Waals surface area contributed by atoms with Gasteiger partial charge in [0.1, 0.15) is 12.1 Å². The van der Waals surface area contributed by atoms with Crippen LogP contribution >= 0.6 is 11.8 Å². The highest BCUT2D eigenvalue weighted by Gasteiger charge is 2.08. The first kappa shape index (κ1) is 17.6. The van der Waals surface area contributed by atoms with Gasteiger partial charge in [-0.25, -0.2) is 4.39 Å². The van der Waals surface area contributed by atoms with E-state index in [0.717, 1.165) is 30.3 Å². The average Bonchev–Trinajstić information content (AvgIpc) is 3.00. The quantitative estimate of drug-likeness (QED) is 0.378. The molecule has 5 nitrogen and oxygen atoms in total. The summed E-state index contributed by atoms with van der Waals surface area (Å²) in [6.07, 6.45) is 3.80. The van der Waals surface area contributed by atoms with Crippen molar-refractivity contribution < 1.29 is 13.9 Å². The Kier molecular flexibility index (Phi) is 7.22. The van der Waals surface area contributed by atoms with Gasteiger partial charge in [0.25, 0.3) is 0 Å². The lowest BCUT2D eigenvalue weighted by Crippen LogP contribution is -2.03. The second-order valence-corrected chi connectivity index (χ2v) is 6.10. The standard InChI is InChI=1S/C16H20FN3O2S/c1-22-10-3-9-20-12-18-19-16(20)23-11-2-4-15(21)13-5-7-14(17)8-6-13/h5-8,12H,2-4,9-11H2,1H3. The van der Waals surface area contributed by atoms with Crippen molar-refractivity contribution in [1.82, 2.24) is 14.8 Å². The number of hydrogen-bond donors (Lipinski definition) is 0. The van der Waals surface area contributed by atoms with E-state index in [1.165, 1.54) is 24.3 Å². The lowest BCUT2D eigenvalue weighted by Gasteiger charge is -2.05. The van der Waals surface area contributed by atoms with E-state index in [2.05, 4.69) is 10.2 Å². The number of carbonyl (C=O) groups is 1. The molecule has 0 aliphatic rings. The lowest BCUT2D eigenvalue weighted by molar-refractivity contribution is 0.0982. The molecule has 0 radical (unpaired) electrons. The van der Waals surface area contributed by atoms with Gasteiger partial charge in [-0.05, 0) is 37.1 Å². The van der Waals surface area contributed by atoms with Crippen molar-refractivity contribution >= 4 is 17.5 Å². The zero-order valence-corrected chi connectivity index (χ0v) is 13.9. The number of aryl methyl sites for hydroxylation is 1. The fourth-order valence-electron chi connectivity index (χ4n) is 2.07. The van der Waals surface area contributed by atoms with Crippen molar-refractivity contribution in [2.24, 2.45) is 0 Å². The third kappa shape index (κ3) is 5.76. The number of carbonyl (C=O) groups excluding carboxylic acids is 1. The molecule has 23 heavy (non-hydrogen) atoms. The summed E-state index contributed by atoms with van der Waals surface area (Å²) in [5.74, 6) is 0.493. The first-order valence-corrected chi connectivity index (χ1v) is 8.47. The number of Topliss-reactive ketones (excluding diaryl/α,β-unsaturated/α-hetero) is 1. The molecular weight excluding hydrogens is 317 g/mol. The monoisotopic (exact) mass is 337 g/mol. The molecule has 0 amide bonds. The Labute approximate surface area is 139 Å². The molecule has 2 rings (SSSR count). The van der Waals surface area contributed by atoms with Gasteiger partial charge < -0.3 is 9.30 Å². The molecule has 0 fully saturated rings. The van der Waals surface area contributed by atoms with Crippen molar-refractivity contribution in [3.05, 3.63) is 42.0 Å². The van der Waals surface area contributed by atoms with Gasteiger partial charge in [0.2, 0.25) is 0 Å². The molecule has 1 aromatic carbocycles. The molecule has 124 valence electrons. The number of halogens is 1. The summed E-state index contributed by atoms with van der Waals surface area (Å²) in [5, 5.41) is 8.86. The van der Waals surface area contributed by atoms with Gasteiger partial charge in [-0.3, -0.25) is 4.79 Å². The molecule has 2 aromatic rings. The summed E-state index contributed by atoms with van der Waals surface area (Å²) in [6, 6.07) is 5.67. The van der Waals surface area contributed by atoms with Crippen LogP contribution in [0.4, 0.5) is 4.39 Å². The zero-order chi connectivity index (χ0) is 16.5. The smallest absolute Gasteiger partial charge is 0.190 e. The molecule has 0 saturated heterocycles. The number of nitrogens with zero attached hydrogens (tertiary/aromatic N) is 3. The Morgan fingerprint density at radius 2 is 2.09 bits per heavy atom. The van der Waals surface area contributed by atoms with Crippen LogP contribution in [0.1, 0.15) is 29.6 Å². The minimum atomic E-state index is -0.329. The summed E-state index contributed by atoms with van der Waals surface area (Å²) >= 11 is 1.59. The van der Waals surface area contributed by atoms with Crippen LogP contribution in [-0.4, -0.2) is 40.0 Å². The Morgan fingerprint density at radius 1 is 1.30 bits per heavy atom. The van der Waals surface area contributed by atoms with Crippen LogP contribution in [0.3, 0.4) is 0 Å². The third-order valence-electron chi connectivity index (χ3n) is 3.27. The molecule has 0 aliphatic heterocycles. The highest BCUT2D eigenvalue weighted by molar-refractivity contribution is 7.99.